The zero-order valence-electron chi connectivity index (χ0n) is 14.8. The normalized spacial score (nSPS) is 17.5. The van der Waals surface area contributed by atoms with Gasteiger partial charge in [-0.25, -0.2) is 22.8 Å². The number of hydrogen-bond donors (Lipinski definition) is 1. The Bertz CT molecular complexity index is 828. The molecule has 0 radical (unpaired) electrons. The number of ether oxygens (including phenoxy) is 1. The van der Waals surface area contributed by atoms with Crippen molar-refractivity contribution in [3.05, 3.63) is 35.9 Å². The molecule has 1 aliphatic heterocycles. The first-order valence-electron chi connectivity index (χ1n) is 8.59. The van der Waals surface area contributed by atoms with Gasteiger partial charge in [0, 0.05) is 18.9 Å². The van der Waals surface area contributed by atoms with E-state index < -0.39 is 10.0 Å². The van der Waals surface area contributed by atoms with E-state index >= 15 is 0 Å². The number of nitrogens with zero attached hydrogens (tertiary/aromatic N) is 3. The van der Waals surface area contributed by atoms with E-state index in [1.807, 2.05) is 25.5 Å². The van der Waals surface area contributed by atoms with E-state index in [1.165, 1.54) is 0 Å². The summed E-state index contributed by atoms with van der Waals surface area (Å²) < 4.78 is 35.4. The van der Waals surface area contributed by atoms with Crippen molar-refractivity contribution in [1.29, 1.82) is 0 Å². The van der Waals surface area contributed by atoms with Crippen LogP contribution in [0.5, 0.6) is 5.75 Å². The third-order valence-electron chi connectivity index (χ3n) is 4.05. The fourth-order valence-corrected chi connectivity index (χ4v) is 4.13. The van der Waals surface area contributed by atoms with Gasteiger partial charge in [-0.2, -0.15) is 5.10 Å². The van der Waals surface area contributed by atoms with Crippen molar-refractivity contribution < 1.29 is 13.2 Å². The van der Waals surface area contributed by atoms with E-state index in [2.05, 4.69) is 14.8 Å². The third kappa shape index (κ3) is 4.19. The first-order chi connectivity index (χ1) is 11.9. The smallest absolute Gasteiger partial charge is 0.240 e. The van der Waals surface area contributed by atoms with E-state index in [-0.39, 0.29) is 17.0 Å². The van der Waals surface area contributed by atoms with Gasteiger partial charge in [-0.3, -0.25) is 0 Å². The molecule has 3 rings (SSSR count). The van der Waals surface area contributed by atoms with Gasteiger partial charge in [0.05, 0.1) is 17.5 Å². The van der Waals surface area contributed by atoms with Crippen LogP contribution < -0.4 is 9.46 Å². The number of sulfonamides is 1. The second-order valence-corrected chi connectivity index (χ2v) is 8.19. The third-order valence-corrected chi connectivity index (χ3v) is 5.58. The highest BCUT2D eigenvalue weighted by Gasteiger charge is 2.26. The molecule has 2 aromatic rings. The van der Waals surface area contributed by atoms with Crippen LogP contribution in [0.3, 0.4) is 0 Å². The van der Waals surface area contributed by atoms with Crippen LogP contribution >= 0.6 is 0 Å². The lowest BCUT2D eigenvalue weighted by Crippen LogP contribution is -2.41. The second-order valence-electron chi connectivity index (χ2n) is 6.47. The highest BCUT2D eigenvalue weighted by Crippen LogP contribution is 2.19. The van der Waals surface area contributed by atoms with Crippen LogP contribution in [0.1, 0.15) is 38.8 Å². The molecular formula is C17H24N4O3S. The lowest BCUT2D eigenvalue weighted by atomic mass is 10.1. The first-order valence-corrected chi connectivity index (χ1v) is 10.1. The summed E-state index contributed by atoms with van der Waals surface area (Å²) in [6.07, 6.45) is 2.27. The number of fused-ring (bicyclic) bond motifs is 1. The fourth-order valence-electron chi connectivity index (χ4n) is 2.86. The molecule has 0 fully saturated rings. The zero-order valence-corrected chi connectivity index (χ0v) is 15.6. The van der Waals surface area contributed by atoms with Gasteiger partial charge in [0.2, 0.25) is 10.0 Å². The lowest BCUT2D eigenvalue weighted by molar-refractivity contribution is 0.242. The van der Waals surface area contributed by atoms with E-state index in [0.717, 1.165) is 30.9 Å². The number of aromatic nitrogens is 3. The van der Waals surface area contributed by atoms with Gasteiger partial charge in [0.1, 0.15) is 11.6 Å². The quantitative estimate of drug-likeness (QED) is 0.846. The number of benzene rings is 1. The maximum Gasteiger partial charge on any atom is 0.240 e. The van der Waals surface area contributed by atoms with Crippen LogP contribution in [-0.4, -0.2) is 35.3 Å². The van der Waals surface area contributed by atoms with Crippen molar-refractivity contribution in [2.75, 3.05) is 0 Å². The molecule has 136 valence electrons. The summed E-state index contributed by atoms with van der Waals surface area (Å²) in [6, 6.07) is 6.31. The molecule has 1 N–H and O–H groups in total. The predicted molar refractivity (Wildman–Crippen MR) is 94.0 cm³/mol. The summed E-state index contributed by atoms with van der Waals surface area (Å²) in [7, 11) is -3.57. The molecule has 0 amide bonds. The van der Waals surface area contributed by atoms with Crippen molar-refractivity contribution in [2.45, 2.75) is 63.6 Å². The summed E-state index contributed by atoms with van der Waals surface area (Å²) >= 11 is 0. The van der Waals surface area contributed by atoms with Gasteiger partial charge < -0.3 is 4.74 Å². The molecule has 1 atom stereocenters. The first kappa shape index (κ1) is 17.9. The average molecular weight is 364 g/mol. The topological polar surface area (TPSA) is 86.1 Å². The minimum atomic E-state index is -3.57. The van der Waals surface area contributed by atoms with E-state index in [1.54, 1.807) is 24.3 Å². The largest absolute Gasteiger partial charge is 0.491 e. The van der Waals surface area contributed by atoms with Crippen molar-refractivity contribution >= 4 is 10.0 Å². The molecule has 0 unspecified atom stereocenters. The maximum absolute atomic E-state index is 12.6. The molecular weight excluding hydrogens is 340 g/mol. The Balaban J connectivity index is 1.69. The molecule has 0 aliphatic carbocycles. The molecule has 7 nitrogen and oxygen atoms in total. The van der Waals surface area contributed by atoms with Crippen molar-refractivity contribution in [3.63, 3.8) is 0 Å². The van der Waals surface area contributed by atoms with Crippen LogP contribution in [0.2, 0.25) is 0 Å². The SMILES string of the molecule is CCc1nc2n(n1)C[C@H](NS(=O)(=O)c1ccc(OC(C)C)cc1)CC2. The van der Waals surface area contributed by atoms with Gasteiger partial charge >= 0.3 is 0 Å². The van der Waals surface area contributed by atoms with Crippen molar-refractivity contribution in [2.24, 2.45) is 0 Å². The van der Waals surface area contributed by atoms with Gasteiger partial charge in [-0.1, -0.05) is 6.92 Å². The second kappa shape index (κ2) is 7.13. The van der Waals surface area contributed by atoms with Crippen molar-refractivity contribution in [1.82, 2.24) is 19.5 Å². The lowest BCUT2D eigenvalue weighted by Gasteiger charge is -2.23. The molecule has 8 heteroatoms. The predicted octanol–water partition coefficient (Wildman–Crippen LogP) is 1.92. The Kier molecular flexibility index (Phi) is 5.10. The van der Waals surface area contributed by atoms with Crippen LogP contribution in [0.15, 0.2) is 29.2 Å². The minimum absolute atomic E-state index is 0.0488. The van der Waals surface area contributed by atoms with Crippen LogP contribution in [0, 0.1) is 0 Å². The monoisotopic (exact) mass is 364 g/mol. The standard InChI is InChI=1S/C17H24N4O3S/c1-4-16-18-17-10-5-13(11-21(17)19-16)20-25(22,23)15-8-6-14(7-9-15)24-12(2)3/h6-9,12-13,20H,4-5,10-11H2,1-3H3/t13-/m1/s1. The molecule has 0 saturated heterocycles. The molecule has 25 heavy (non-hydrogen) atoms. The van der Waals surface area contributed by atoms with Crippen molar-refractivity contribution in [3.8, 4) is 5.75 Å². The highest BCUT2D eigenvalue weighted by molar-refractivity contribution is 7.89. The number of rotatable bonds is 6. The summed E-state index contributed by atoms with van der Waals surface area (Å²) in [5.41, 5.74) is 0. The fraction of sp³-hybridized carbons (Fsp3) is 0.529. The van der Waals surface area contributed by atoms with Crippen LogP contribution in [0.25, 0.3) is 0 Å². The van der Waals surface area contributed by atoms with Crippen LogP contribution in [0.4, 0.5) is 0 Å². The van der Waals surface area contributed by atoms with Gasteiger partial charge in [-0.05, 0) is 44.5 Å². The number of hydrogen-bond acceptors (Lipinski definition) is 5. The average Bonchev–Trinajstić information content (AvgIpc) is 2.97. The number of nitrogens with one attached hydrogen (secondary N) is 1. The molecule has 1 aromatic carbocycles. The summed E-state index contributed by atoms with van der Waals surface area (Å²) in [5.74, 6) is 2.40. The maximum atomic E-state index is 12.6. The molecule has 1 aliphatic rings. The Labute approximate surface area is 148 Å². The Morgan fingerprint density at radius 2 is 2.04 bits per heavy atom. The highest BCUT2D eigenvalue weighted by atomic mass is 32.2. The molecule has 0 spiro atoms. The molecule has 0 bridgehead atoms. The van der Waals surface area contributed by atoms with E-state index in [0.29, 0.717) is 12.3 Å². The summed E-state index contributed by atoms with van der Waals surface area (Å²) in [6.45, 7) is 6.37. The number of aryl methyl sites for hydroxylation is 2. The van der Waals surface area contributed by atoms with E-state index in [4.69, 9.17) is 4.74 Å². The Hall–Kier alpha value is -1.93. The minimum Gasteiger partial charge on any atom is -0.491 e. The molecule has 0 saturated carbocycles. The van der Waals surface area contributed by atoms with E-state index in [9.17, 15) is 8.42 Å². The Morgan fingerprint density at radius 3 is 2.68 bits per heavy atom. The zero-order chi connectivity index (χ0) is 18.0. The van der Waals surface area contributed by atoms with Gasteiger partial charge in [0.25, 0.3) is 0 Å². The summed E-state index contributed by atoms with van der Waals surface area (Å²) in [5, 5.41) is 4.42. The van der Waals surface area contributed by atoms with Gasteiger partial charge in [-0.15, -0.1) is 0 Å². The van der Waals surface area contributed by atoms with Gasteiger partial charge in [0.15, 0.2) is 5.82 Å². The molecule has 1 aromatic heterocycles. The van der Waals surface area contributed by atoms with Crippen LogP contribution in [-0.2, 0) is 29.4 Å². The summed E-state index contributed by atoms with van der Waals surface area (Å²) in [4.78, 5) is 4.69. The Morgan fingerprint density at radius 1 is 1.32 bits per heavy atom. The molecule has 2 heterocycles.